The minimum atomic E-state index is -0.711. The average Bonchev–Trinajstić information content (AvgIpc) is 2.93. The first kappa shape index (κ1) is 36.2. The van der Waals surface area contributed by atoms with Crippen molar-refractivity contribution < 1.29 is 41.5 Å². The summed E-state index contributed by atoms with van der Waals surface area (Å²) in [4.78, 5) is 19.2. The van der Waals surface area contributed by atoms with E-state index in [2.05, 4.69) is 81.4 Å². The largest absolute Gasteiger partial charge is 2.00 e. The van der Waals surface area contributed by atoms with Crippen molar-refractivity contribution in [3.63, 3.8) is 0 Å². The topological polar surface area (TPSA) is 74.6 Å². The predicted molar refractivity (Wildman–Crippen MR) is 134 cm³/mol. The number of hydrogen-bond donors (Lipinski definition) is 2. The van der Waals surface area contributed by atoms with Crippen LogP contribution in [0.15, 0.2) is 33.4 Å². The third-order valence-corrected chi connectivity index (χ3v) is 6.05. The quantitative estimate of drug-likeness (QED) is 0.307. The molecule has 0 saturated heterocycles. The molecule has 0 radical (unpaired) electrons. The molecular formula is C28H46O4Ti. The molecule has 0 atom stereocenters. The third-order valence-electron chi connectivity index (χ3n) is 6.05. The number of carboxylic acids is 2. The molecule has 0 spiro atoms. The van der Waals surface area contributed by atoms with Gasteiger partial charge >= 0.3 is 33.7 Å². The summed E-state index contributed by atoms with van der Waals surface area (Å²) >= 11 is 0. The molecule has 0 fully saturated rings. The Bertz CT molecular complexity index is 712. The van der Waals surface area contributed by atoms with Gasteiger partial charge in [0.1, 0.15) is 0 Å². The van der Waals surface area contributed by atoms with Crippen LogP contribution in [-0.2, 0) is 31.3 Å². The monoisotopic (exact) mass is 494 g/mol. The van der Waals surface area contributed by atoms with Crippen LogP contribution in [0.3, 0.4) is 0 Å². The van der Waals surface area contributed by atoms with Gasteiger partial charge in [0.05, 0.1) is 0 Å². The maximum Gasteiger partial charge on any atom is 2.00 e. The first-order chi connectivity index (χ1) is 14.4. The summed E-state index contributed by atoms with van der Waals surface area (Å²) in [7, 11) is 0. The number of aliphatic carboxylic acids is 2. The predicted octanol–water partition coefficient (Wildman–Crippen LogP) is 7.96. The van der Waals surface area contributed by atoms with E-state index in [1.54, 1.807) is 0 Å². The molecule has 2 aliphatic rings. The molecule has 0 aromatic heterocycles. The minimum absolute atomic E-state index is 0. The summed E-state index contributed by atoms with van der Waals surface area (Å²) < 4.78 is 0. The Morgan fingerprint density at radius 3 is 0.939 bits per heavy atom. The van der Waals surface area contributed by atoms with Gasteiger partial charge in [-0.25, -0.2) is 11.1 Å². The van der Waals surface area contributed by atoms with E-state index in [4.69, 9.17) is 10.2 Å². The van der Waals surface area contributed by atoms with Crippen LogP contribution in [0.4, 0.5) is 0 Å². The van der Waals surface area contributed by atoms with E-state index in [1.165, 1.54) is 33.4 Å². The second-order valence-electron chi connectivity index (χ2n) is 9.54. The fourth-order valence-electron chi connectivity index (χ4n) is 3.24. The van der Waals surface area contributed by atoms with Crippen molar-refractivity contribution in [1.29, 1.82) is 0 Å². The van der Waals surface area contributed by atoms with Gasteiger partial charge in [-0.05, 0) is 12.8 Å². The SMILES string of the molecule is CC1=[C-]C(C)(C)C(C)=C1C.CC1=[C-]C(C)(C)C(C)=C1C.CCCC(=O)O.CCCC(=O)O.[Ti+2]. The van der Waals surface area contributed by atoms with Crippen LogP contribution in [0.5, 0.6) is 0 Å². The van der Waals surface area contributed by atoms with Crippen LogP contribution >= 0.6 is 0 Å². The zero-order chi connectivity index (χ0) is 25.9. The van der Waals surface area contributed by atoms with Gasteiger partial charge in [-0.15, -0.1) is 13.8 Å². The van der Waals surface area contributed by atoms with E-state index in [1.807, 2.05) is 13.8 Å². The number of hydrogen-bond acceptors (Lipinski definition) is 2. The molecule has 0 unspecified atom stereocenters. The molecule has 0 bridgehead atoms. The average molecular weight is 495 g/mol. The summed E-state index contributed by atoms with van der Waals surface area (Å²) in [5.74, 6) is -1.42. The van der Waals surface area contributed by atoms with Crippen LogP contribution in [0.1, 0.15) is 109 Å². The van der Waals surface area contributed by atoms with Gasteiger partial charge in [0, 0.05) is 12.8 Å². The molecule has 33 heavy (non-hydrogen) atoms. The van der Waals surface area contributed by atoms with Gasteiger partial charge in [-0.2, -0.15) is 22.3 Å². The number of allylic oxidation sites excluding steroid dienone is 8. The zero-order valence-corrected chi connectivity index (χ0v) is 24.6. The van der Waals surface area contributed by atoms with Gasteiger partial charge in [-0.1, -0.05) is 80.1 Å². The standard InChI is InChI=1S/2C10H15.2C4H8O2.Ti/c2*1-7-6-10(4,5)9(3)8(7)2;2*1-2-3-4(5)6;/h2*1-5H3;2*2-3H2,1H3,(H,5,6);/q2*-1;;;+2. The van der Waals surface area contributed by atoms with Crippen LogP contribution in [0, 0.1) is 23.0 Å². The number of carboxylic acid groups (broad SMARTS) is 2. The van der Waals surface area contributed by atoms with Crippen molar-refractivity contribution in [2.75, 3.05) is 0 Å². The molecular weight excluding hydrogens is 448 g/mol. The van der Waals surface area contributed by atoms with Crippen molar-refractivity contribution in [2.24, 2.45) is 10.8 Å². The summed E-state index contributed by atoms with van der Waals surface area (Å²) in [6, 6.07) is 0. The van der Waals surface area contributed by atoms with Gasteiger partial charge in [0.2, 0.25) is 0 Å². The Labute approximate surface area is 218 Å². The molecule has 0 heterocycles. The summed E-state index contributed by atoms with van der Waals surface area (Å²) in [6.07, 6.45) is 8.92. The number of carbonyl (C=O) groups is 2. The summed E-state index contributed by atoms with van der Waals surface area (Å²) in [5.41, 5.74) is 8.79. The molecule has 2 N–H and O–H groups in total. The fraction of sp³-hybridized carbons (Fsp3) is 0.643. The Morgan fingerprint density at radius 2 is 0.909 bits per heavy atom. The van der Waals surface area contributed by atoms with Gasteiger partial charge < -0.3 is 10.2 Å². The molecule has 0 aromatic carbocycles. The fourth-order valence-corrected chi connectivity index (χ4v) is 3.24. The Hall–Kier alpha value is -1.39. The first-order valence-corrected chi connectivity index (χ1v) is 11.5. The van der Waals surface area contributed by atoms with Gasteiger partial charge in [0.25, 0.3) is 0 Å². The van der Waals surface area contributed by atoms with Gasteiger partial charge in [0.15, 0.2) is 0 Å². The second kappa shape index (κ2) is 16.3. The number of rotatable bonds is 4. The van der Waals surface area contributed by atoms with Crippen molar-refractivity contribution in [1.82, 2.24) is 0 Å². The van der Waals surface area contributed by atoms with Crippen molar-refractivity contribution in [3.05, 3.63) is 45.6 Å². The van der Waals surface area contributed by atoms with Crippen LogP contribution in [-0.4, -0.2) is 22.2 Å². The smallest absolute Gasteiger partial charge is 0.481 e. The molecule has 2 rings (SSSR count). The van der Waals surface area contributed by atoms with E-state index in [9.17, 15) is 9.59 Å². The molecule has 0 amide bonds. The Balaban J connectivity index is -0.000000372. The molecule has 0 aliphatic heterocycles. The first-order valence-electron chi connectivity index (χ1n) is 11.5. The molecule has 0 aromatic rings. The summed E-state index contributed by atoms with van der Waals surface area (Å²) in [5, 5.41) is 15.8. The van der Waals surface area contributed by atoms with Crippen LogP contribution in [0.2, 0.25) is 0 Å². The molecule has 2 aliphatic carbocycles. The van der Waals surface area contributed by atoms with Gasteiger partial charge in [-0.3, -0.25) is 21.7 Å². The van der Waals surface area contributed by atoms with E-state index >= 15 is 0 Å². The minimum Gasteiger partial charge on any atom is -0.481 e. The van der Waals surface area contributed by atoms with Crippen molar-refractivity contribution in [3.8, 4) is 0 Å². The second-order valence-corrected chi connectivity index (χ2v) is 9.54. The van der Waals surface area contributed by atoms with E-state index in [0.29, 0.717) is 12.8 Å². The molecule has 4 nitrogen and oxygen atoms in total. The maximum atomic E-state index is 9.60. The van der Waals surface area contributed by atoms with Crippen molar-refractivity contribution >= 4 is 11.9 Å². The van der Waals surface area contributed by atoms with E-state index in [-0.39, 0.29) is 32.5 Å². The molecule has 0 saturated carbocycles. The Morgan fingerprint density at radius 1 is 0.667 bits per heavy atom. The normalized spacial score (nSPS) is 17.2. The van der Waals surface area contributed by atoms with Crippen LogP contribution < -0.4 is 0 Å². The zero-order valence-electron chi connectivity index (χ0n) is 23.0. The van der Waals surface area contributed by atoms with Crippen LogP contribution in [0.25, 0.3) is 0 Å². The van der Waals surface area contributed by atoms with Crippen molar-refractivity contribution in [2.45, 2.75) is 109 Å². The van der Waals surface area contributed by atoms with E-state index < -0.39 is 11.9 Å². The molecule has 5 heteroatoms. The van der Waals surface area contributed by atoms with E-state index in [0.717, 1.165) is 12.8 Å². The summed E-state index contributed by atoms with van der Waals surface area (Å²) in [6.45, 7) is 25.5. The Kier molecular flexibility index (Phi) is 17.8. The third kappa shape index (κ3) is 13.8. The maximum absolute atomic E-state index is 9.60. The molecule has 186 valence electrons.